The van der Waals surface area contributed by atoms with Gasteiger partial charge in [-0.05, 0) is 48.2 Å². The summed E-state index contributed by atoms with van der Waals surface area (Å²) >= 11 is 0. The van der Waals surface area contributed by atoms with Gasteiger partial charge < -0.3 is 11.1 Å². The molecule has 1 unspecified atom stereocenters. The van der Waals surface area contributed by atoms with Crippen molar-refractivity contribution in [1.82, 2.24) is 4.98 Å². The summed E-state index contributed by atoms with van der Waals surface area (Å²) in [6, 6.07) is 11.4. The average molecular weight is 283 g/mol. The molecule has 3 N–H and O–H groups in total. The second-order valence-electron chi connectivity index (χ2n) is 5.11. The first-order valence-electron chi connectivity index (χ1n) is 7.23. The van der Waals surface area contributed by atoms with E-state index in [-0.39, 0.29) is 5.91 Å². The van der Waals surface area contributed by atoms with Crippen LogP contribution in [0.1, 0.15) is 30.9 Å². The molecule has 4 nitrogen and oxygen atoms in total. The number of nitrogens with two attached hydrogens (primary N) is 1. The van der Waals surface area contributed by atoms with Gasteiger partial charge in [-0.15, -0.1) is 0 Å². The molecule has 1 amide bonds. The molecule has 0 bridgehead atoms. The van der Waals surface area contributed by atoms with Crippen LogP contribution in [0.15, 0.2) is 48.8 Å². The van der Waals surface area contributed by atoms with Crippen LogP contribution in [0.5, 0.6) is 0 Å². The molecule has 0 saturated heterocycles. The number of nitrogens with zero attached hydrogens (tertiary/aromatic N) is 1. The van der Waals surface area contributed by atoms with Crippen LogP contribution in [0.25, 0.3) is 0 Å². The summed E-state index contributed by atoms with van der Waals surface area (Å²) in [5.74, 6) is -0.126. The van der Waals surface area contributed by atoms with E-state index in [1.165, 1.54) is 11.1 Å². The Kier molecular flexibility index (Phi) is 5.46. The van der Waals surface area contributed by atoms with Crippen LogP contribution in [-0.4, -0.2) is 16.9 Å². The molecule has 0 fully saturated rings. The van der Waals surface area contributed by atoms with E-state index in [1.54, 1.807) is 12.4 Å². The van der Waals surface area contributed by atoms with Crippen molar-refractivity contribution in [3.05, 3.63) is 59.9 Å². The van der Waals surface area contributed by atoms with Crippen LogP contribution in [0.3, 0.4) is 0 Å². The van der Waals surface area contributed by atoms with Gasteiger partial charge in [0.05, 0.1) is 6.04 Å². The number of anilines is 1. The maximum absolute atomic E-state index is 11.8. The summed E-state index contributed by atoms with van der Waals surface area (Å²) in [7, 11) is 0. The summed E-state index contributed by atoms with van der Waals surface area (Å²) in [5, 5.41) is 2.84. The number of hydrogen-bond acceptors (Lipinski definition) is 3. The van der Waals surface area contributed by atoms with Crippen molar-refractivity contribution in [2.45, 2.75) is 32.2 Å². The van der Waals surface area contributed by atoms with Crippen LogP contribution < -0.4 is 11.1 Å². The minimum atomic E-state index is -0.438. The minimum absolute atomic E-state index is 0.126. The molecule has 2 aromatic rings. The molecule has 2 rings (SSSR count). The van der Waals surface area contributed by atoms with Crippen LogP contribution in [0, 0.1) is 0 Å². The minimum Gasteiger partial charge on any atom is -0.325 e. The quantitative estimate of drug-likeness (QED) is 0.856. The Labute approximate surface area is 125 Å². The van der Waals surface area contributed by atoms with E-state index in [0.29, 0.717) is 6.42 Å². The Morgan fingerprint density at radius 1 is 1.14 bits per heavy atom. The van der Waals surface area contributed by atoms with Crippen LogP contribution in [0.2, 0.25) is 0 Å². The van der Waals surface area contributed by atoms with Crippen LogP contribution in [0.4, 0.5) is 5.69 Å². The van der Waals surface area contributed by atoms with Crippen LogP contribution in [-0.2, 0) is 11.2 Å². The zero-order valence-electron chi connectivity index (χ0n) is 12.3. The number of hydrogen-bond donors (Lipinski definition) is 2. The largest absolute Gasteiger partial charge is 0.325 e. The molecular weight excluding hydrogens is 262 g/mol. The first kappa shape index (κ1) is 15.2. The predicted octanol–water partition coefficient (Wildman–Crippen LogP) is 2.74. The van der Waals surface area contributed by atoms with Gasteiger partial charge in [-0.25, -0.2) is 0 Å². The van der Waals surface area contributed by atoms with Gasteiger partial charge in [0.15, 0.2) is 0 Å². The monoisotopic (exact) mass is 283 g/mol. The third-order valence-electron chi connectivity index (χ3n) is 3.32. The van der Waals surface area contributed by atoms with Gasteiger partial charge in [0.2, 0.25) is 5.91 Å². The smallest absolute Gasteiger partial charge is 0.241 e. The zero-order valence-corrected chi connectivity index (χ0v) is 12.3. The molecule has 110 valence electrons. The Hall–Kier alpha value is -2.20. The summed E-state index contributed by atoms with van der Waals surface area (Å²) < 4.78 is 0. The maximum atomic E-state index is 11.8. The van der Waals surface area contributed by atoms with E-state index in [9.17, 15) is 4.79 Å². The van der Waals surface area contributed by atoms with E-state index < -0.39 is 6.04 Å². The van der Waals surface area contributed by atoms with Crippen molar-refractivity contribution in [2.75, 3.05) is 5.32 Å². The molecular formula is C17H21N3O. The molecule has 4 heteroatoms. The lowest BCUT2D eigenvalue weighted by Gasteiger charge is -2.11. The molecule has 0 aliphatic rings. The normalized spacial score (nSPS) is 11.9. The summed E-state index contributed by atoms with van der Waals surface area (Å²) in [5.41, 5.74) is 8.98. The van der Waals surface area contributed by atoms with Crippen molar-refractivity contribution in [3.63, 3.8) is 0 Å². The van der Waals surface area contributed by atoms with E-state index in [1.807, 2.05) is 43.3 Å². The topological polar surface area (TPSA) is 68.0 Å². The maximum Gasteiger partial charge on any atom is 0.241 e. The van der Waals surface area contributed by atoms with Crippen molar-refractivity contribution in [1.29, 1.82) is 0 Å². The Morgan fingerprint density at radius 3 is 2.38 bits per heavy atom. The molecule has 21 heavy (non-hydrogen) atoms. The Bertz CT molecular complexity index is 566. The number of carbonyl (C=O) groups excluding carboxylic acids is 1. The molecule has 0 radical (unpaired) electrons. The highest BCUT2D eigenvalue weighted by Crippen LogP contribution is 2.13. The SMILES string of the molecule is CCCC(N)C(=O)Nc1ccc(Cc2ccncc2)cc1. The molecule has 1 aromatic heterocycles. The second-order valence-corrected chi connectivity index (χ2v) is 5.11. The molecule has 1 aromatic carbocycles. The molecule has 1 heterocycles. The lowest BCUT2D eigenvalue weighted by atomic mass is 10.1. The van der Waals surface area contributed by atoms with Crippen molar-refractivity contribution in [2.24, 2.45) is 5.73 Å². The van der Waals surface area contributed by atoms with E-state index >= 15 is 0 Å². The average Bonchev–Trinajstić information content (AvgIpc) is 2.50. The number of amides is 1. The summed E-state index contributed by atoms with van der Waals surface area (Å²) in [4.78, 5) is 15.8. The number of rotatable bonds is 6. The highest BCUT2D eigenvalue weighted by Gasteiger charge is 2.11. The van der Waals surface area contributed by atoms with Gasteiger partial charge >= 0.3 is 0 Å². The third kappa shape index (κ3) is 4.68. The summed E-state index contributed by atoms with van der Waals surface area (Å²) in [6.07, 6.45) is 6.04. The molecule has 1 atom stereocenters. The van der Waals surface area contributed by atoms with Gasteiger partial charge in [-0.2, -0.15) is 0 Å². The third-order valence-corrected chi connectivity index (χ3v) is 3.32. The number of aromatic nitrogens is 1. The fourth-order valence-electron chi connectivity index (χ4n) is 2.12. The fraction of sp³-hybridized carbons (Fsp3) is 0.294. The first-order chi connectivity index (χ1) is 10.2. The van der Waals surface area contributed by atoms with Crippen molar-refractivity contribution >= 4 is 11.6 Å². The van der Waals surface area contributed by atoms with Crippen molar-refractivity contribution < 1.29 is 4.79 Å². The lowest BCUT2D eigenvalue weighted by molar-refractivity contribution is -0.117. The Balaban J connectivity index is 1.94. The number of benzene rings is 1. The van der Waals surface area contributed by atoms with Gasteiger partial charge in [0.1, 0.15) is 0 Å². The van der Waals surface area contributed by atoms with Gasteiger partial charge in [-0.3, -0.25) is 9.78 Å². The zero-order chi connectivity index (χ0) is 15.1. The number of carbonyl (C=O) groups is 1. The Morgan fingerprint density at radius 2 is 1.76 bits per heavy atom. The van der Waals surface area contributed by atoms with E-state index in [4.69, 9.17) is 5.73 Å². The first-order valence-corrected chi connectivity index (χ1v) is 7.23. The molecule has 0 aliphatic heterocycles. The molecule has 0 aliphatic carbocycles. The standard InChI is InChI=1S/C17H21N3O/c1-2-3-16(18)17(21)20-15-6-4-13(5-7-15)12-14-8-10-19-11-9-14/h4-11,16H,2-3,12,18H2,1H3,(H,20,21). The van der Waals surface area contributed by atoms with Gasteiger partial charge in [0.25, 0.3) is 0 Å². The highest BCUT2D eigenvalue weighted by atomic mass is 16.2. The van der Waals surface area contributed by atoms with Gasteiger partial charge in [0, 0.05) is 18.1 Å². The van der Waals surface area contributed by atoms with Crippen LogP contribution >= 0.6 is 0 Å². The van der Waals surface area contributed by atoms with E-state index in [0.717, 1.165) is 18.5 Å². The number of pyridine rings is 1. The van der Waals surface area contributed by atoms with Gasteiger partial charge in [-0.1, -0.05) is 25.5 Å². The fourth-order valence-corrected chi connectivity index (χ4v) is 2.12. The second kappa shape index (κ2) is 7.55. The predicted molar refractivity (Wildman–Crippen MR) is 85.0 cm³/mol. The lowest BCUT2D eigenvalue weighted by Crippen LogP contribution is -2.35. The number of nitrogens with one attached hydrogen (secondary N) is 1. The molecule has 0 saturated carbocycles. The van der Waals surface area contributed by atoms with E-state index in [2.05, 4.69) is 10.3 Å². The highest BCUT2D eigenvalue weighted by molar-refractivity contribution is 5.94. The molecule has 0 spiro atoms. The van der Waals surface area contributed by atoms with Crippen molar-refractivity contribution in [3.8, 4) is 0 Å². The summed E-state index contributed by atoms with van der Waals surface area (Å²) in [6.45, 7) is 2.01.